The van der Waals surface area contributed by atoms with Gasteiger partial charge in [-0.1, -0.05) is 110 Å². The Morgan fingerprint density at radius 1 is 0.829 bits per heavy atom. The second kappa shape index (κ2) is 12.2. The number of unbranched alkanes of at least 4 members (excludes halogenated alkanes) is 2. The normalized spacial score (nSPS) is 11.1. The topological polar surface area (TPSA) is 25.2 Å². The summed E-state index contributed by atoms with van der Waals surface area (Å²) in [6, 6.07) is 33.2. The van der Waals surface area contributed by atoms with Gasteiger partial charge >= 0.3 is 0 Å². The van der Waals surface area contributed by atoms with Crippen LogP contribution in [-0.2, 0) is 17.9 Å². The molecule has 1 aromatic heterocycles. The number of aromatic nitrogens is 1. The highest BCUT2D eigenvalue weighted by molar-refractivity contribution is 5.87. The Kier molecular flexibility index (Phi) is 8.56. The summed E-state index contributed by atoms with van der Waals surface area (Å²) in [6.45, 7) is 6.51. The molecule has 4 aromatic rings. The van der Waals surface area contributed by atoms with E-state index in [1.54, 1.807) is 0 Å². The summed E-state index contributed by atoms with van der Waals surface area (Å²) in [5.74, 6) is -0.138. The number of nitrogens with zero attached hydrogens (tertiary/aromatic N) is 2. The van der Waals surface area contributed by atoms with Crippen molar-refractivity contribution in [2.45, 2.75) is 52.1 Å². The van der Waals surface area contributed by atoms with Crippen LogP contribution in [-0.4, -0.2) is 21.9 Å². The van der Waals surface area contributed by atoms with Crippen LogP contribution in [0.1, 0.15) is 60.1 Å². The van der Waals surface area contributed by atoms with Gasteiger partial charge in [-0.15, -0.1) is 0 Å². The number of aryl methyl sites for hydroxylation is 1. The van der Waals surface area contributed by atoms with Crippen molar-refractivity contribution in [2.75, 3.05) is 6.54 Å². The first kappa shape index (κ1) is 24.5. The van der Waals surface area contributed by atoms with Gasteiger partial charge in [-0.05, 0) is 42.2 Å². The van der Waals surface area contributed by atoms with E-state index in [9.17, 15) is 4.79 Å². The van der Waals surface area contributed by atoms with Crippen molar-refractivity contribution in [1.29, 1.82) is 0 Å². The van der Waals surface area contributed by atoms with E-state index in [0.29, 0.717) is 6.54 Å². The van der Waals surface area contributed by atoms with Crippen LogP contribution >= 0.6 is 0 Å². The van der Waals surface area contributed by atoms with E-state index >= 15 is 0 Å². The first-order valence-electron chi connectivity index (χ1n) is 12.7. The summed E-state index contributed by atoms with van der Waals surface area (Å²) in [5, 5.41) is 0. The fourth-order valence-corrected chi connectivity index (χ4v) is 4.72. The molecule has 4 rings (SSSR count). The molecule has 0 atom stereocenters. The Hall–Kier alpha value is -3.59. The molecule has 0 spiro atoms. The Morgan fingerprint density at radius 3 is 2.14 bits per heavy atom. The van der Waals surface area contributed by atoms with Gasteiger partial charge in [-0.3, -0.25) is 4.79 Å². The molecule has 0 radical (unpaired) electrons. The first-order chi connectivity index (χ1) is 17.2. The maximum atomic E-state index is 14.2. The molecule has 0 saturated heterocycles. The summed E-state index contributed by atoms with van der Waals surface area (Å²) < 4.78 is 2.27. The van der Waals surface area contributed by atoms with Crippen LogP contribution in [0.3, 0.4) is 0 Å². The van der Waals surface area contributed by atoms with Crippen molar-refractivity contribution < 1.29 is 4.79 Å². The average molecular weight is 465 g/mol. The van der Waals surface area contributed by atoms with Crippen LogP contribution in [0.25, 0.3) is 0 Å². The number of benzene rings is 3. The summed E-state index contributed by atoms with van der Waals surface area (Å²) in [5.41, 5.74) is 5.79. The van der Waals surface area contributed by atoms with Crippen molar-refractivity contribution in [3.63, 3.8) is 0 Å². The van der Waals surface area contributed by atoms with E-state index < -0.39 is 0 Å². The Morgan fingerprint density at radius 2 is 1.51 bits per heavy atom. The van der Waals surface area contributed by atoms with Crippen LogP contribution in [0.5, 0.6) is 0 Å². The SMILES string of the molecule is CCCCCN(Cc1cccn1Cc1cccc(C)c1)C(=O)C(c1ccccc1)c1ccccc1. The van der Waals surface area contributed by atoms with Gasteiger partial charge in [-0.25, -0.2) is 0 Å². The van der Waals surface area contributed by atoms with Gasteiger partial charge in [0.1, 0.15) is 0 Å². The lowest BCUT2D eigenvalue weighted by atomic mass is 9.90. The minimum Gasteiger partial charge on any atom is -0.345 e. The summed E-state index contributed by atoms with van der Waals surface area (Å²) in [7, 11) is 0. The first-order valence-corrected chi connectivity index (χ1v) is 12.7. The third kappa shape index (κ3) is 6.51. The highest BCUT2D eigenvalue weighted by Gasteiger charge is 2.28. The zero-order valence-electron chi connectivity index (χ0n) is 20.9. The van der Waals surface area contributed by atoms with E-state index in [1.165, 1.54) is 11.1 Å². The zero-order chi connectivity index (χ0) is 24.5. The fraction of sp³-hybridized carbons (Fsp3) is 0.281. The minimum absolute atomic E-state index is 0.168. The summed E-state index contributed by atoms with van der Waals surface area (Å²) in [4.78, 5) is 16.3. The number of hydrogen-bond donors (Lipinski definition) is 0. The van der Waals surface area contributed by atoms with Gasteiger partial charge in [0.2, 0.25) is 5.91 Å². The van der Waals surface area contributed by atoms with Gasteiger partial charge < -0.3 is 9.47 Å². The predicted octanol–water partition coefficient (Wildman–Crippen LogP) is 7.20. The Bertz CT molecular complexity index is 1160. The minimum atomic E-state index is -0.306. The molecule has 0 fully saturated rings. The molecule has 0 aliphatic carbocycles. The monoisotopic (exact) mass is 464 g/mol. The summed E-state index contributed by atoms with van der Waals surface area (Å²) in [6.07, 6.45) is 5.39. The zero-order valence-corrected chi connectivity index (χ0v) is 20.9. The van der Waals surface area contributed by atoms with Gasteiger partial charge in [-0.2, -0.15) is 0 Å². The largest absolute Gasteiger partial charge is 0.345 e. The lowest BCUT2D eigenvalue weighted by Gasteiger charge is -2.29. The maximum absolute atomic E-state index is 14.2. The fourth-order valence-electron chi connectivity index (χ4n) is 4.72. The lowest BCUT2D eigenvalue weighted by Crippen LogP contribution is -2.36. The van der Waals surface area contributed by atoms with Crippen LogP contribution in [0.2, 0.25) is 0 Å². The highest BCUT2D eigenvalue weighted by Crippen LogP contribution is 2.28. The molecule has 0 unspecified atom stereocenters. The number of carbonyl (C=O) groups is 1. The third-order valence-corrected chi connectivity index (χ3v) is 6.57. The molecule has 0 saturated carbocycles. The highest BCUT2D eigenvalue weighted by atomic mass is 16.2. The molecule has 3 nitrogen and oxygen atoms in total. The smallest absolute Gasteiger partial charge is 0.234 e. The van der Waals surface area contributed by atoms with Crippen molar-refractivity contribution in [1.82, 2.24) is 9.47 Å². The second-order valence-corrected chi connectivity index (χ2v) is 9.34. The molecule has 1 heterocycles. The molecule has 0 bridgehead atoms. The molecule has 0 aliphatic heterocycles. The molecule has 0 aliphatic rings. The van der Waals surface area contributed by atoms with E-state index in [2.05, 4.69) is 90.2 Å². The van der Waals surface area contributed by atoms with E-state index in [-0.39, 0.29) is 11.8 Å². The Labute approximate surface area is 210 Å². The van der Waals surface area contributed by atoms with E-state index in [4.69, 9.17) is 0 Å². The van der Waals surface area contributed by atoms with Crippen molar-refractivity contribution >= 4 is 5.91 Å². The summed E-state index contributed by atoms with van der Waals surface area (Å²) >= 11 is 0. The number of amides is 1. The van der Waals surface area contributed by atoms with Crippen LogP contribution < -0.4 is 0 Å². The second-order valence-electron chi connectivity index (χ2n) is 9.34. The Balaban J connectivity index is 1.63. The molecular weight excluding hydrogens is 428 g/mol. The molecule has 180 valence electrons. The molecular formula is C32H36N2O. The maximum Gasteiger partial charge on any atom is 0.234 e. The van der Waals surface area contributed by atoms with Crippen LogP contribution in [0.4, 0.5) is 0 Å². The van der Waals surface area contributed by atoms with Crippen molar-refractivity contribution in [3.8, 4) is 0 Å². The van der Waals surface area contributed by atoms with Crippen LogP contribution in [0, 0.1) is 6.92 Å². The van der Waals surface area contributed by atoms with Gasteiger partial charge in [0, 0.05) is 25.0 Å². The number of rotatable bonds is 11. The van der Waals surface area contributed by atoms with Gasteiger partial charge in [0.15, 0.2) is 0 Å². The molecule has 35 heavy (non-hydrogen) atoms. The van der Waals surface area contributed by atoms with E-state index in [0.717, 1.165) is 49.2 Å². The van der Waals surface area contributed by atoms with Crippen molar-refractivity contribution in [3.05, 3.63) is 131 Å². The molecule has 0 N–H and O–H groups in total. The van der Waals surface area contributed by atoms with Crippen LogP contribution in [0.15, 0.2) is 103 Å². The third-order valence-electron chi connectivity index (χ3n) is 6.57. The number of carbonyl (C=O) groups excluding carboxylic acids is 1. The predicted molar refractivity (Wildman–Crippen MR) is 144 cm³/mol. The molecule has 3 aromatic carbocycles. The molecule has 3 heteroatoms. The molecule has 1 amide bonds. The van der Waals surface area contributed by atoms with Crippen molar-refractivity contribution in [2.24, 2.45) is 0 Å². The van der Waals surface area contributed by atoms with Gasteiger partial charge in [0.25, 0.3) is 0 Å². The van der Waals surface area contributed by atoms with Gasteiger partial charge in [0.05, 0.1) is 12.5 Å². The van der Waals surface area contributed by atoms with E-state index in [1.807, 2.05) is 36.4 Å². The lowest BCUT2D eigenvalue weighted by molar-refractivity contribution is -0.132. The average Bonchev–Trinajstić information content (AvgIpc) is 3.31. The standard InChI is InChI=1S/C32H36N2O/c1-3-4-11-21-34(25-30-20-13-22-33(30)24-27-15-12-14-26(2)23-27)32(35)31(28-16-7-5-8-17-28)29-18-9-6-10-19-29/h5-10,12-20,22-23,31H,3-4,11,21,24-25H2,1-2H3. The number of hydrogen-bond acceptors (Lipinski definition) is 1. The quantitative estimate of drug-likeness (QED) is 0.216.